The number of aliphatic carboxylic acids is 1. The number of amides is 1. The van der Waals surface area contributed by atoms with Crippen LogP contribution in [0.2, 0.25) is 0 Å². The Balaban J connectivity index is 2.16. The number of carboxylic acid groups (broad SMARTS) is 1. The van der Waals surface area contributed by atoms with Crippen LogP contribution in [0.4, 0.5) is 18.9 Å². The van der Waals surface area contributed by atoms with Gasteiger partial charge in [0.2, 0.25) is 5.91 Å². The van der Waals surface area contributed by atoms with Crippen LogP contribution in [-0.2, 0) is 22.2 Å². The lowest BCUT2D eigenvalue weighted by Crippen LogP contribution is -2.27. The lowest BCUT2D eigenvalue weighted by Gasteiger charge is -2.16. The van der Waals surface area contributed by atoms with Crippen LogP contribution in [0.25, 0.3) is 0 Å². The molecule has 1 unspecified atom stereocenters. The van der Waals surface area contributed by atoms with Crippen molar-refractivity contribution in [2.75, 3.05) is 5.32 Å². The number of alkyl halides is 3. The number of carbonyl (C=O) groups excluding carboxylic acids is 1. The number of carboxylic acids is 1. The molecule has 0 saturated carbocycles. The molecule has 2 aromatic carbocycles. The second kappa shape index (κ2) is 8.35. The number of anilines is 1. The van der Waals surface area contributed by atoms with Crippen LogP contribution in [0.1, 0.15) is 17.5 Å². The van der Waals surface area contributed by atoms with Crippen LogP contribution in [0, 0.1) is 5.92 Å². The van der Waals surface area contributed by atoms with Crippen LogP contribution in [-0.4, -0.2) is 17.0 Å². The monoisotopic (exact) mass is 429 g/mol. The van der Waals surface area contributed by atoms with Gasteiger partial charge in [0.25, 0.3) is 0 Å². The van der Waals surface area contributed by atoms with Gasteiger partial charge in [-0.1, -0.05) is 34.1 Å². The number of carbonyl (C=O) groups is 2. The standard InChI is InChI=1S/C18H15BrF3NO3/c19-14-6-4-11(5-7-14)8-12(9-16(24)25)17(26)23-15-3-1-2-13(10-15)18(20,21)22/h1-7,10,12H,8-9H2,(H,23,26)(H,24,25). The minimum absolute atomic E-state index is 0.0315. The molecule has 0 saturated heterocycles. The van der Waals surface area contributed by atoms with Crippen molar-refractivity contribution in [3.63, 3.8) is 0 Å². The van der Waals surface area contributed by atoms with Crippen molar-refractivity contribution in [3.05, 3.63) is 64.1 Å². The highest BCUT2D eigenvalue weighted by molar-refractivity contribution is 9.10. The highest BCUT2D eigenvalue weighted by Crippen LogP contribution is 2.31. The number of benzene rings is 2. The van der Waals surface area contributed by atoms with Crippen molar-refractivity contribution in [2.24, 2.45) is 5.92 Å². The molecule has 1 atom stereocenters. The van der Waals surface area contributed by atoms with Crippen molar-refractivity contribution in [1.82, 2.24) is 0 Å². The predicted octanol–water partition coefficient (Wildman–Crippen LogP) is 4.74. The van der Waals surface area contributed by atoms with E-state index in [0.29, 0.717) is 0 Å². The Labute approximate surface area is 156 Å². The summed E-state index contributed by atoms with van der Waals surface area (Å²) < 4.78 is 39.1. The summed E-state index contributed by atoms with van der Waals surface area (Å²) in [7, 11) is 0. The van der Waals surface area contributed by atoms with Gasteiger partial charge in [-0.15, -0.1) is 0 Å². The maximum Gasteiger partial charge on any atom is 0.416 e. The fourth-order valence-corrected chi connectivity index (χ4v) is 2.66. The maximum absolute atomic E-state index is 12.8. The first-order chi connectivity index (χ1) is 12.1. The van der Waals surface area contributed by atoms with Crippen LogP contribution >= 0.6 is 15.9 Å². The smallest absolute Gasteiger partial charge is 0.416 e. The number of hydrogen-bond acceptors (Lipinski definition) is 2. The summed E-state index contributed by atoms with van der Waals surface area (Å²) in [6, 6.07) is 11.2. The molecule has 8 heteroatoms. The van der Waals surface area contributed by atoms with Crippen molar-refractivity contribution < 1.29 is 27.9 Å². The Morgan fingerprint density at radius 3 is 2.35 bits per heavy atom. The van der Waals surface area contributed by atoms with Crippen molar-refractivity contribution in [2.45, 2.75) is 19.0 Å². The van der Waals surface area contributed by atoms with Gasteiger partial charge in [-0.3, -0.25) is 9.59 Å². The fraction of sp³-hybridized carbons (Fsp3) is 0.222. The van der Waals surface area contributed by atoms with Gasteiger partial charge in [-0.25, -0.2) is 0 Å². The lowest BCUT2D eigenvalue weighted by atomic mass is 9.95. The molecule has 0 heterocycles. The van der Waals surface area contributed by atoms with E-state index in [9.17, 15) is 22.8 Å². The van der Waals surface area contributed by atoms with Gasteiger partial charge in [-0.2, -0.15) is 13.2 Å². The highest BCUT2D eigenvalue weighted by Gasteiger charge is 2.31. The van der Waals surface area contributed by atoms with E-state index >= 15 is 0 Å². The van der Waals surface area contributed by atoms with E-state index < -0.39 is 36.0 Å². The van der Waals surface area contributed by atoms with Gasteiger partial charge in [0.15, 0.2) is 0 Å². The van der Waals surface area contributed by atoms with Gasteiger partial charge in [-0.05, 0) is 42.3 Å². The Morgan fingerprint density at radius 2 is 1.77 bits per heavy atom. The average Bonchev–Trinajstić information content (AvgIpc) is 2.55. The molecule has 0 aliphatic carbocycles. The van der Waals surface area contributed by atoms with Gasteiger partial charge in [0.05, 0.1) is 17.9 Å². The minimum atomic E-state index is -4.53. The Kier molecular flexibility index (Phi) is 6.42. The molecule has 2 N–H and O–H groups in total. The molecule has 0 aliphatic heterocycles. The van der Waals surface area contributed by atoms with Crippen LogP contribution in [0.3, 0.4) is 0 Å². The summed E-state index contributed by atoms with van der Waals surface area (Å²) in [6.45, 7) is 0. The topological polar surface area (TPSA) is 66.4 Å². The van der Waals surface area contributed by atoms with Crippen molar-refractivity contribution >= 4 is 33.5 Å². The zero-order valence-corrected chi connectivity index (χ0v) is 15.0. The molecule has 2 aromatic rings. The first-order valence-electron chi connectivity index (χ1n) is 7.59. The van der Waals surface area contributed by atoms with Crippen molar-refractivity contribution in [3.8, 4) is 0 Å². The molecule has 1 amide bonds. The third-order valence-corrected chi connectivity index (χ3v) is 4.17. The van der Waals surface area contributed by atoms with Crippen molar-refractivity contribution in [1.29, 1.82) is 0 Å². The molecule has 0 spiro atoms. The normalized spacial score (nSPS) is 12.5. The zero-order chi connectivity index (χ0) is 19.3. The molecule has 0 aromatic heterocycles. The molecule has 0 bridgehead atoms. The summed E-state index contributed by atoms with van der Waals surface area (Å²) in [6.07, 6.45) is -4.80. The second-order valence-electron chi connectivity index (χ2n) is 5.69. The SMILES string of the molecule is O=C(O)CC(Cc1ccc(Br)cc1)C(=O)Nc1cccc(C(F)(F)F)c1. The molecule has 0 aliphatic rings. The highest BCUT2D eigenvalue weighted by atomic mass is 79.9. The Bertz CT molecular complexity index is 791. The Morgan fingerprint density at radius 1 is 1.12 bits per heavy atom. The summed E-state index contributed by atoms with van der Waals surface area (Å²) in [4.78, 5) is 23.5. The quantitative estimate of drug-likeness (QED) is 0.696. The number of halogens is 4. The minimum Gasteiger partial charge on any atom is -0.481 e. The average molecular weight is 430 g/mol. The van der Waals surface area contributed by atoms with Gasteiger partial charge in [0, 0.05) is 10.2 Å². The van der Waals surface area contributed by atoms with E-state index in [1.165, 1.54) is 12.1 Å². The second-order valence-corrected chi connectivity index (χ2v) is 6.61. The molecule has 0 radical (unpaired) electrons. The molecular weight excluding hydrogens is 415 g/mol. The fourth-order valence-electron chi connectivity index (χ4n) is 2.39. The molecule has 2 rings (SSSR count). The van der Waals surface area contributed by atoms with Crippen LogP contribution in [0.15, 0.2) is 53.0 Å². The van der Waals surface area contributed by atoms with E-state index in [2.05, 4.69) is 21.2 Å². The lowest BCUT2D eigenvalue weighted by molar-refractivity contribution is -0.140. The number of nitrogens with one attached hydrogen (secondary N) is 1. The Hall–Kier alpha value is -2.35. The number of hydrogen-bond donors (Lipinski definition) is 2. The van der Waals surface area contributed by atoms with Gasteiger partial charge < -0.3 is 10.4 Å². The summed E-state index contributed by atoms with van der Waals surface area (Å²) in [5.41, 5.74) is -0.173. The molecule has 26 heavy (non-hydrogen) atoms. The molecule has 138 valence electrons. The van der Waals surface area contributed by atoms with Crippen LogP contribution < -0.4 is 5.32 Å². The largest absolute Gasteiger partial charge is 0.481 e. The van der Waals surface area contributed by atoms with E-state index in [1.54, 1.807) is 24.3 Å². The number of rotatable bonds is 6. The molecule has 4 nitrogen and oxygen atoms in total. The maximum atomic E-state index is 12.8. The van der Waals surface area contributed by atoms with E-state index in [4.69, 9.17) is 5.11 Å². The zero-order valence-electron chi connectivity index (χ0n) is 13.4. The predicted molar refractivity (Wildman–Crippen MR) is 93.7 cm³/mol. The molecule has 0 fully saturated rings. The summed E-state index contributed by atoms with van der Waals surface area (Å²) in [5.74, 6) is -2.72. The summed E-state index contributed by atoms with van der Waals surface area (Å²) >= 11 is 3.28. The van der Waals surface area contributed by atoms with Gasteiger partial charge in [0.1, 0.15) is 0 Å². The van der Waals surface area contributed by atoms with Crippen LogP contribution in [0.5, 0.6) is 0 Å². The first-order valence-corrected chi connectivity index (χ1v) is 8.39. The summed E-state index contributed by atoms with van der Waals surface area (Å²) in [5, 5.41) is 11.4. The first kappa shape index (κ1) is 20.0. The molecular formula is C18H15BrF3NO3. The third-order valence-electron chi connectivity index (χ3n) is 3.64. The van der Waals surface area contributed by atoms with E-state index in [0.717, 1.165) is 22.2 Å². The van der Waals surface area contributed by atoms with E-state index in [-0.39, 0.29) is 12.1 Å². The third kappa shape index (κ3) is 5.87. The van der Waals surface area contributed by atoms with Gasteiger partial charge >= 0.3 is 12.1 Å². The van der Waals surface area contributed by atoms with E-state index in [1.807, 2.05) is 0 Å².